The van der Waals surface area contributed by atoms with Gasteiger partial charge in [-0.1, -0.05) is 16.7 Å². The van der Waals surface area contributed by atoms with E-state index < -0.39 is 0 Å². The molecule has 1 aliphatic rings. The number of carbonyl (C=O) groups excluding carboxylic acids is 1. The van der Waals surface area contributed by atoms with Crippen molar-refractivity contribution in [1.29, 1.82) is 0 Å². The summed E-state index contributed by atoms with van der Waals surface area (Å²) in [5, 5.41) is 3.86. The monoisotopic (exact) mass is 285 g/mol. The molecule has 0 aliphatic carbocycles. The molecule has 1 aromatic heterocycles. The second-order valence-electron chi connectivity index (χ2n) is 4.22. The summed E-state index contributed by atoms with van der Waals surface area (Å²) < 4.78 is 3.79. The normalized spacial score (nSPS) is 16.8. The number of hydrogen-bond acceptors (Lipinski definition) is 6. The van der Waals surface area contributed by atoms with E-state index in [4.69, 9.17) is 18.0 Å². The number of thiocarbonyl (C=S) groups is 1. The van der Waals surface area contributed by atoms with Gasteiger partial charge in [0.2, 0.25) is 0 Å². The topological polar surface area (TPSA) is 75.4 Å². The highest BCUT2D eigenvalue weighted by Gasteiger charge is 2.24. The Morgan fingerprint density at radius 3 is 2.61 bits per heavy atom. The third kappa shape index (κ3) is 3.01. The molecule has 2 N–H and O–H groups in total. The predicted octanol–water partition coefficient (Wildman–Crippen LogP) is -0.110. The Hall–Kier alpha value is -1.12. The van der Waals surface area contributed by atoms with E-state index >= 15 is 0 Å². The van der Waals surface area contributed by atoms with Crippen LogP contribution in [-0.2, 0) is 0 Å². The summed E-state index contributed by atoms with van der Waals surface area (Å²) in [6, 6.07) is 0. The molecule has 2 rings (SSSR count). The number of nitrogens with two attached hydrogens (primary N) is 1. The first-order chi connectivity index (χ1) is 8.58. The molecule has 0 unspecified atom stereocenters. The van der Waals surface area contributed by atoms with Gasteiger partial charge in [0.25, 0.3) is 5.91 Å². The van der Waals surface area contributed by atoms with Crippen LogP contribution in [-0.4, -0.2) is 63.0 Å². The van der Waals surface area contributed by atoms with Crippen LogP contribution >= 0.6 is 23.8 Å². The van der Waals surface area contributed by atoms with Crippen molar-refractivity contribution in [2.24, 2.45) is 5.73 Å². The summed E-state index contributed by atoms with van der Waals surface area (Å²) in [6.07, 6.45) is 0. The van der Waals surface area contributed by atoms with Crippen molar-refractivity contribution in [3.05, 3.63) is 10.6 Å². The van der Waals surface area contributed by atoms with Crippen molar-refractivity contribution in [3.63, 3.8) is 0 Å². The Balaban J connectivity index is 1.92. The lowest BCUT2D eigenvalue weighted by Crippen LogP contribution is -2.50. The van der Waals surface area contributed by atoms with E-state index in [0.29, 0.717) is 35.2 Å². The lowest BCUT2D eigenvalue weighted by molar-refractivity contribution is 0.0658. The van der Waals surface area contributed by atoms with Crippen molar-refractivity contribution in [1.82, 2.24) is 19.4 Å². The molecular weight excluding hydrogens is 270 g/mol. The van der Waals surface area contributed by atoms with E-state index in [2.05, 4.69) is 14.5 Å². The van der Waals surface area contributed by atoms with Gasteiger partial charge < -0.3 is 10.6 Å². The summed E-state index contributed by atoms with van der Waals surface area (Å²) in [4.78, 5) is 17.3. The summed E-state index contributed by atoms with van der Waals surface area (Å²) in [7, 11) is 0. The highest BCUT2D eigenvalue weighted by molar-refractivity contribution is 7.80. The van der Waals surface area contributed by atoms with Gasteiger partial charge in [0.1, 0.15) is 4.88 Å². The quantitative estimate of drug-likeness (QED) is 0.781. The minimum absolute atomic E-state index is 0.0254. The third-order valence-electron chi connectivity index (χ3n) is 2.88. The van der Waals surface area contributed by atoms with Gasteiger partial charge in [-0.2, -0.15) is 0 Å². The number of carbonyl (C=O) groups is 1. The number of aromatic nitrogens is 2. The van der Waals surface area contributed by atoms with E-state index in [-0.39, 0.29) is 5.91 Å². The van der Waals surface area contributed by atoms with Gasteiger partial charge in [0.05, 0.1) is 10.7 Å². The zero-order chi connectivity index (χ0) is 13.1. The average molecular weight is 285 g/mol. The highest BCUT2D eigenvalue weighted by Crippen LogP contribution is 2.14. The van der Waals surface area contributed by atoms with Gasteiger partial charge in [-0.25, -0.2) is 0 Å². The van der Waals surface area contributed by atoms with E-state index in [1.807, 2.05) is 4.90 Å². The van der Waals surface area contributed by atoms with Crippen LogP contribution in [0.25, 0.3) is 0 Å². The van der Waals surface area contributed by atoms with Crippen molar-refractivity contribution < 1.29 is 4.79 Å². The van der Waals surface area contributed by atoms with E-state index in [9.17, 15) is 4.79 Å². The lowest BCUT2D eigenvalue weighted by Gasteiger charge is -2.34. The van der Waals surface area contributed by atoms with Crippen LogP contribution in [0, 0.1) is 6.92 Å². The van der Waals surface area contributed by atoms with Crippen LogP contribution in [0.2, 0.25) is 0 Å². The first-order valence-corrected chi connectivity index (χ1v) is 6.85. The van der Waals surface area contributed by atoms with Crippen molar-refractivity contribution in [3.8, 4) is 0 Å². The molecule has 1 saturated heterocycles. The molecule has 0 radical (unpaired) electrons. The molecule has 18 heavy (non-hydrogen) atoms. The van der Waals surface area contributed by atoms with E-state index in [0.717, 1.165) is 24.6 Å². The van der Waals surface area contributed by atoms with Crippen LogP contribution < -0.4 is 5.73 Å². The highest BCUT2D eigenvalue weighted by atomic mass is 32.1. The molecule has 0 bridgehead atoms. The van der Waals surface area contributed by atoms with Gasteiger partial charge in [0.15, 0.2) is 0 Å². The zero-order valence-corrected chi connectivity index (χ0v) is 11.8. The molecule has 1 aliphatic heterocycles. The van der Waals surface area contributed by atoms with Crippen LogP contribution in [0.15, 0.2) is 0 Å². The number of piperazine rings is 1. The van der Waals surface area contributed by atoms with Gasteiger partial charge in [-0.3, -0.25) is 9.69 Å². The minimum Gasteiger partial charge on any atom is -0.392 e. The van der Waals surface area contributed by atoms with Crippen molar-refractivity contribution in [2.45, 2.75) is 6.92 Å². The summed E-state index contributed by atoms with van der Waals surface area (Å²) in [5.74, 6) is 0.0254. The maximum atomic E-state index is 12.2. The Morgan fingerprint density at radius 2 is 2.11 bits per heavy atom. The maximum Gasteiger partial charge on any atom is 0.267 e. The van der Waals surface area contributed by atoms with Crippen molar-refractivity contribution >= 4 is 34.6 Å². The predicted molar refractivity (Wildman–Crippen MR) is 73.8 cm³/mol. The molecule has 0 aromatic carbocycles. The number of amides is 1. The number of nitrogens with zero attached hydrogens (tertiary/aromatic N) is 4. The third-order valence-corrected chi connectivity index (χ3v) is 3.83. The van der Waals surface area contributed by atoms with Gasteiger partial charge in [0, 0.05) is 32.7 Å². The largest absolute Gasteiger partial charge is 0.392 e. The second-order valence-corrected chi connectivity index (χ2v) is 5.50. The van der Waals surface area contributed by atoms with Crippen LogP contribution in [0.4, 0.5) is 0 Å². The molecule has 1 aromatic rings. The van der Waals surface area contributed by atoms with Crippen LogP contribution in [0.5, 0.6) is 0 Å². The summed E-state index contributed by atoms with van der Waals surface area (Å²) in [6.45, 7) is 5.42. The summed E-state index contributed by atoms with van der Waals surface area (Å²) >= 11 is 6.04. The van der Waals surface area contributed by atoms with Crippen LogP contribution in [0.1, 0.15) is 15.4 Å². The van der Waals surface area contributed by atoms with Crippen molar-refractivity contribution in [2.75, 3.05) is 32.7 Å². The molecule has 6 nitrogen and oxygen atoms in total. The molecule has 1 amide bonds. The van der Waals surface area contributed by atoms with Gasteiger partial charge in [-0.15, -0.1) is 5.10 Å². The average Bonchev–Trinajstić information content (AvgIpc) is 2.75. The molecule has 98 valence electrons. The standard InChI is InChI=1S/C10H15N5OS2/c1-7-9(18-13-12-7)10(16)15-4-2-14(3-5-15)6-8(11)17/h2-6H2,1H3,(H2,11,17). The SMILES string of the molecule is Cc1nnsc1C(=O)N1CCN(CC(N)=S)CC1. The molecule has 1 fully saturated rings. The number of hydrogen-bond donors (Lipinski definition) is 1. The smallest absolute Gasteiger partial charge is 0.267 e. The lowest BCUT2D eigenvalue weighted by atomic mass is 10.2. The maximum absolute atomic E-state index is 12.2. The van der Waals surface area contributed by atoms with Crippen LogP contribution in [0.3, 0.4) is 0 Å². The molecule has 8 heteroatoms. The zero-order valence-electron chi connectivity index (χ0n) is 10.1. The number of aryl methyl sites for hydroxylation is 1. The summed E-state index contributed by atoms with van der Waals surface area (Å²) in [5.41, 5.74) is 6.21. The molecule has 0 saturated carbocycles. The Bertz CT molecular complexity index is 453. The number of rotatable bonds is 3. The second kappa shape index (κ2) is 5.68. The molecule has 2 heterocycles. The van der Waals surface area contributed by atoms with E-state index in [1.165, 1.54) is 0 Å². The van der Waals surface area contributed by atoms with Gasteiger partial charge >= 0.3 is 0 Å². The first-order valence-electron chi connectivity index (χ1n) is 5.67. The molecule has 0 atom stereocenters. The fraction of sp³-hybridized carbons (Fsp3) is 0.600. The molecule has 0 spiro atoms. The fourth-order valence-corrected chi connectivity index (χ4v) is 2.71. The Labute approximate surface area is 115 Å². The first kappa shape index (κ1) is 13.3. The van der Waals surface area contributed by atoms with Gasteiger partial charge in [-0.05, 0) is 18.5 Å². The molecular formula is C10H15N5OS2. The minimum atomic E-state index is 0.0254. The fourth-order valence-electron chi connectivity index (χ4n) is 1.90. The Morgan fingerprint density at radius 1 is 1.44 bits per heavy atom. The Kier molecular flexibility index (Phi) is 4.20. The van der Waals surface area contributed by atoms with E-state index in [1.54, 1.807) is 6.92 Å².